The summed E-state index contributed by atoms with van der Waals surface area (Å²) in [5.41, 5.74) is 0.342. The minimum Gasteiger partial charge on any atom is -0.377 e. The Morgan fingerprint density at radius 3 is 1.65 bits per heavy atom. The first-order valence-electron chi connectivity index (χ1n) is 7.48. The lowest BCUT2D eigenvalue weighted by molar-refractivity contribution is -0.122. The van der Waals surface area contributed by atoms with E-state index >= 15 is 0 Å². The Hall–Kier alpha value is -0.0800. The maximum absolute atomic E-state index is 5.20. The molecule has 0 aromatic carbocycles. The third-order valence-corrected chi connectivity index (χ3v) is 2.59. The molecule has 0 atom stereocenters. The molecule has 17 heavy (non-hydrogen) atoms. The molecule has 0 aliphatic carbocycles. The lowest BCUT2D eigenvalue weighted by Crippen LogP contribution is -2.58. The summed E-state index contributed by atoms with van der Waals surface area (Å²) in [6.45, 7) is 19.5. The number of ether oxygens (including phenoxy) is 1. The molecule has 1 fully saturated rings. The Balaban J connectivity index is -0.000000285. The summed E-state index contributed by atoms with van der Waals surface area (Å²) in [6.07, 6.45) is 2.58. The molecule has 1 heterocycles. The molecule has 0 aromatic heterocycles. The first-order valence-corrected chi connectivity index (χ1v) is 7.48. The second-order valence-electron chi connectivity index (χ2n) is 3.76. The van der Waals surface area contributed by atoms with Crippen molar-refractivity contribution >= 4 is 0 Å². The average molecular weight is 247 g/mol. The molecule has 0 amide bonds. The highest BCUT2D eigenvalue weighted by Gasteiger charge is 2.36. The van der Waals surface area contributed by atoms with Crippen LogP contribution >= 0.6 is 0 Å². The normalized spacial score (nSPS) is 15.2. The van der Waals surface area contributed by atoms with Crippen LogP contribution in [0.15, 0.2) is 0 Å². The van der Waals surface area contributed by atoms with E-state index < -0.39 is 0 Å². The van der Waals surface area contributed by atoms with Gasteiger partial charge in [-0.1, -0.05) is 54.9 Å². The van der Waals surface area contributed by atoms with Gasteiger partial charge in [-0.25, -0.2) is 0 Å². The number of hydrogen-bond acceptors (Lipinski definition) is 2. The van der Waals surface area contributed by atoms with E-state index in [0.29, 0.717) is 5.54 Å². The number of nitrogens with zero attached hydrogens (tertiary/aromatic N) is 1. The van der Waals surface area contributed by atoms with E-state index in [1.165, 1.54) is 19.4 Å². The quantitative estimate of drug-likeness (QED) is 0.720. The third-order valence-electron chi connectivity index (χ3n) is 2.59. The number of likely N-dealkylation sites (N-methyl/N-ethyl adjacent to an activating group) is 1. The van der Waals surface area contributed by atoms with Crippen molar-refractivity contribution in [1.82, 2.24) is 4.90 Å². The van der Waals surface area contributed by atoms with Crippen molar-refractivity contribution in [1.29, 1.82) is 0 Å². The van der Waals surface area contributed by atoms with Crippen LogP contribution in [0.5, 0.6) is 0 Å². The first kappa shape index (κ1) is 22.1. The first-order chi connectivity index (χ1) is 8.19. The van der Waals surface area contributed by atoms with Gasteiger partial charge in [0.15, 0.2) is 0 Å². The van der Waals surface area contributed by atoms with Crippen LogP contribution in [0.25, 0.3) is 0 Å². The molecule has 0 spiro atoms. The van der Waals surface area contributed by atoms with E-state index in [1.807, 2.05) is 41.5 Å². The Kier molecular flexibility index (Phi) is 20.7. The minimum absolute atomic E-state index is 0.342. The fourth-order valence-electron chi connectivity index (χ4n) is 1.28. The lowest BCUT2D eigenvalue weighted by atomic mass is 9.98. The fraction of sp³-hybridized carbons (Fsp3) is 1.00. The molecular formula is C15H37NO. The molecule has 0 N–H and O–H groups in total. The maximum Gasteiger partial charge on any atom is 0.0671 e. The zero-order valence-electron chi connectivity index (χ0n) is 13.9. The molecule has 0 radical (unpaired) electrons. The summed E-state index contributed by atoms with van der Waals surface area (Å²) in [5.74, 6) is 0. The van der Waals surface area contributed by atoms with Gasteiger partial charge in [0.25, 0.3) is 0 Å². The van der Waals surface area contributed by atoms with Crippen molar-refractivity contribution in [3.63, 3.8) is 0 Å². The predicted molar refractivity (Wildman–Crippen MR) is 80.8 cm³/mol. The summed E-state index contributed by atoms with van der Waals surface area (Å²) in [7, 11) is 2.19. The molecule has 0 bridgehead atoms. The molecule has 2 heteroatoms. The second kappa shape index (κ2) is 15.9. The van der Waals surface area contributed by atoms with Gasteiger partial charge < -0.3 is 4.74 Å². The summed E-state index contributed by atoms with van der Waals surface area (Å²) in [6, 6.07) is 0. The second-order valence-corrected chi connectivity index (χ2v) is 3.76. The van der Waals surface area contributed by atoms with Crippen LogP contribution in [0.1, 0.15) is 68.2 Å². The Bertz CT molecular complexity index is 122. The maximum atomic E-state index is 5.20. The van der Waals surface area contributed by atoms with Crippen molar-refractivity contribution in [3.8, 4) is 0 Å². The van der Waals surface area contributed by atoms with Crippen LogP contribution in [0.2, 0.25) is 0 Å². The molecule has 1 aliphatic rings. The standard InChI is InChI=1S/C9H19NO.3C2H6/c1-4-5-6-10(3)9(2)7-11-8-9;3*1-2/h4-8H2,1-3H3;3*1-2H3. The topological polar surface area (TPSA) is 12.5 Å². The van der Waals surface area contributed by atoms with Crippen molar-refractivity contribution in [3.05, 3.63) is 0 Å². The highest BCUT2D eigenvalue weighted by Crippen LogP contribution is 2.22. The van der Waals surface area contributed by atoms with Gasteiger partial charge in [-0.05, 0) is 26.9 Å². The van der Waals surface area contributed by atoms with Crippen LogP contribution < -0.4 is 0 Å². The van der Waals surface area contributed by atoms with Crippen molar-refractivity contribution < 1.29 is 4.74 Å². The zero-order chi connectivity index (χ0) is 14.3. The molecular weight excluding hydrogens is 210 g/mol. The average Bonchev–Trinajstić information content (AvgIpc) is 2.40. The van der Waals surface area contributed by atoms with Crippen LogP contribution in [-0.4, -0.2) is 37.2 Å². The van der Waals surface area contributed by atoms with E-state index in [4.69, 9.17) is 4.74 Å². The van der Waals surface area contributed by atoms with Gasteiger partial charge in [-0.3, -0.25) is 4.90 Å². The number of unbranched alkanes of at least 4 members (excludes halogenated alkanes) is 1. The van der Waals surface area contributed by atoms with Crippen LogP contribution in [0.3, 0.4) is 0 Å². The fourth-order valence-corrected chi connectivity index (χ4v) is 1.28. The number of rotatable bonds is 4. The smallest absolute Gasteiger partial charge is 0.0671 e. The van der Waals surface area contributed by atoms with Crippen LogP contribution in [0.4, 0.5) is 0 Å². The Morgan fingerprint density at radius 1 is 1.00 bits per heavy atom. The lowest BCUT2D eigenvalue weighted by Gasteiger charge is -2.45. The van der Waals surface area contributed by atoms with E-state index in [2.05, 4.69) is 25.8 Å². The van der Waals surface area contributed by atoms with Crippen molar-refractivity contribution in [2.75, 3.05) is 26.8 Å². The minimum atomic E-state index is 0.342. The molecule has 0 saturated carbocycles. The van der Waals surface area contributed by atoms with Gasteiger partial charge in [0, 0.05) is 0 Å². The summed E-state index contributed by atoms with van der Waals surface area (Å²) in [5, 5.41) is 0. The highest BCUT2D eigenvalue weighted by molar-refractivity contribution is 4.90. The predicted octanol–water partition coefficient (Wildman–Crippen LogP) is 4.59. The third kappa shape index (κ3) is 9.61. The summed E-state index contributed by atoms with van der Waals surface area (Å²) in [4.78, 5) is 2.42. The summed E-state index contributed by atoms with van der Waals surface area (Å²) >= 11 is 0. The molecule has 1 rings (SSSR count). The van der Waals surface area contributed by atoms with Gasteiger partial charge in [-0.2, -0.15) is 0 Å². The van der Waals surface area contributed by atoms with Gasteiger partial charge in [-0.15, -0.1) is 0 Å². The SMILES string of the molecule is CC.CC.CC.CCCCN(C)C1(C)COC1. The monoisotopic (exact) mass is 247 g/mol. The molecule has 1 aliphatic heterocycles. The molecule has 2 nitrogen and oxygen atoms in total. The molecule has 0 aromatic rings. The van der Waals surface area contributed by atoms with Gasteiger partial charge >= 0.3 is 0 Å². The van der Waals surface area contributed by atoms with Crippen molar-refractivity contribution in [2.24, 2.45) is 0 Å². The van der Waals surface area contributed by atoms with Gasteiger partial charge in [0.05, 0.1) is 18.8 Å². The van der Waals surface area contributed by atoms with Crippen LogP contribution in [-0.2, 0) is 4.74 Å². The van der Waals surface area contributed by atoms with E-state index in [1.54, 1.807) is 0 Å². The molecule has 0 unspecified atom stereocenters. The Morgan fingerprint density at radius 2 is 1.41 bits per heavy atom. The zero-order valence-corrected chi connectivity index (χ0v) is 13.9. The largest absolute Gasteiger partial charge is 0.377 e. The number of hydrogen-bond donors (Lipinski definition) is 0. The Labute approximate surface area is 111 Å². The van der Waals surface area contributed by atoms with E-state index in [9.17, 15) is 0 Å². The van der Waals surface area contributed by atoms with Crippen LogP contribution in [0, 0.1) is 0 Å². The van der Waals surface area contributed by atoms with Gasteiger partial charge in [0.2, 0.25) is 0 Å². The summed E-state index contributed by atoms with van der Waals surface area (Å²) < 4.78 is 5.20. The molecule has 108 valence electrons. The molecule has 1 saturated heterocycles. The van der Waals surface area contributed by atoms with E-state index in [0.717, 1.165) is 13.2 Å². The highest BCUT2D eigenvalue weighted by atomic mass is 16.5. The van der Waals surface area contributed by atoms with Crippen molar-refractivity contribution in [2.45, 2.75) is 73.8 Å². The van der Waals surface area contributed by atoms with Gasteiger partial charge in [0.1, 0.15) is 0 Å². The van der Waals surface area contributed by atoms with E-state index in [-0.39, 0.29) is 0 Å².